The van der Waals surface area contributed by atoms with Crippen LogP contribution < -0.4 is 4.72 Å². The minimum atomic E-state index is -4.02. The van der Waals surface area contributed by atoms with Crippen LogP contribution in [0.25, 0.3) is 6.08 Å². The first-order valence-corrected chi connectivity index (χ1v) is 8.98. The van der Waals surface area contributed by atoms with Crippen molar-refractivity contribution in [3.63, 3.8) is 0 Å². The molecule has 0 saturated heterocycles. The molecule has 0 heterocycles. The van der Waals surface area contributed by atoms with E-state index in [1.54, 1.807) is 6.07 Å². The molecule has 2 N–H and O–H groups in total. The standard InChI is InChI=1S/C11H13NO6S2/c1-19(15,16)8-20(17,18)12-10-4-2-3-9(7-10)5-6-11(13)14/h2-7,12H,8H2,1H3,(H,13,14)/b6-5+. The molecule has 9 heteroatoms. The van der Waals surface area contributed by atoms with Crippen LogP contribution in [0.5, 0.6) is 0 Å². The largest absolute Gasteiger partial charge is 0.478 e. The summed E-state index contributed by atoms with van der Waals surface area (Å²) in [5, 5.41) is 7.47. The molecule has 0 aromatic heterocycles. The van der Waals surface area contributed by atoms with Crippen molar-refractivity contribution in [3.8, 4) is 0 Å². The van der Waals surface area contributed by atoms with E-state index in [0.29, 0.717) is 5.56 Å². The normalized spacial score (nSPS) is 12.4. The van der Waals surface area contributed by atoms with Gasteiger partial charge in [-0.2, -0.15) is 0 Å². The van der Waals surface area contributed by atoms with E-state index in [-0.39, 0.29) is 5.69 Å². The number of anilines is 1. The quantitative estimate of drug-likeness (QED) is 0.738. The van der Waals surface area contributed by atoms with Gasteiger partial charge in [0.1, 0.15) is 0 Å². The fourth-order valence-electron chi connectivity index (χ4n) is 1.36. The van der Waals surface area contributed by atoms with Gasteiger partial charge in [0.15, 0.2) is 14.9 Å². The average Bonchev–Trinajstić information content (AvgIpc) is 2.22. The molecule has 110 valence electrons. The van der Waals surface area contributed by atoms with Gasteiger partial charge in [-0.05, 0) is 23.8 Å². The maximum atomic E-state index is 11.6. The van der Waals surface area contributed by atoms with Gasteiger partial charge in [0.2, 0.25) is 10.0 Å². The third-order valence-corrected chi connectivity index (χ3v) is 5.45. The number of carboxylic acid groups (broad SMARTS) is 1. The van der Waals surface area contributed by atoms with Crippen LogP contribution in [0.4, 0.5) is 5.69 Å². The molecule has 0 bridgehead atoms. The van der Waals surface area contributed by atoms with Crippen LogP contribution in [0.15, 0.2) is 30.3 Å². The van der Waals surface area contributed by atoms with Gasteiger partial charge in [0.25, 0.3) is 0 Å². The minimum Gasteiger partial charge on any atom is -0.478 e. The highest BCUT2D eigenvalue weighted by molar-refractivity contribution is 8.08. The van der Waals surface area contributed by atoms with E-state index in [9.17, 15) is 21.6 Å². The van der Waals surface area contributed by atoms with Gasteiger partial charge in [-0.15, -0.1) is 0 Å². The van der Waals surface area contributed by atoms with Crippen LogP contribution >= 0.6 is 0 Å². The van der Waals surface area contributed by atoms with Gasteiger partial charge in [-0.3, -0.25) is 4.72 Å². The number of carbonyl (C=O) groups is 1. The molecule has 0 unspecified atom stereocenters. The lowest BCUT2D eigenvalue weighted by Gasteiger charge is -2.07. The van der Waals surface area contributed by atoms with E-state index in [2.05, 4.69) is 4.72 Å². The highest BCUT2D eigenvalue weighted by Crippen LogP contribution is 2.14. The Labute approximate surface area is 116 Å². The number of hydrogen-bond donors (Lipinski definition) is 2. The lowest BCUT2D eigenvalue weighted by molar-refractivity contribution is -0.131. The fourth-order valence-corrected chi connectivity index (χ4v) is 4.34. The van der Waals surface area contributed by atoms with Crippen LogP contribution in [0.3, 0.4) is 0 Å². The zero-order chi connectivity index (χ0) is 15.4. The van der Waals surface area contributed by atoms with Crippen molar-refractivity contribution in [3.05, 3.63) is 35.9 Å². The molecule has 0 saturated carbocycles. The van der Waals surface area contributed by atoms with Crippen molar-refractivity contribution < 1.29 is 26.7 Å². The van der Waals surface area contributed by atoms with Gasteiger partial charge in [0, 0.05) is 18.0 Å². The summed E-state index contributed by atoms with van der Waals surface area (Å²) >= 11 is 0. The number of benzene rings is 1. The van der Waals surface area contributed by atoms with Crippen molar-refractivity contribution in [1.29, 1.82) is 0 Å². The van der Waals surface area contributed by atoms with Crippen LogP contribution in [-0.4, -0.2) is 39.3 Å². The van der Waals surface area contributed by atoms with Crippen molar-refractivity contribution >= 4 is 37.6 Å². The van der Waals surface area contributed by atoms with E-state index in [4.69, 9.17) is 5.11 Å². The first-order chi connectivity index (χ1) is 9.07. The highest BCUT2D eigenvalue weighted by atomic mass is 32.3. The summed E-state index contributed by atoms with van der Waals surface area (Å²) in [5.41, 5.74) is 0.619. The Bertz CT molecular complexity index is 734. The van der Waals surface area contributed by atoms with E-state index >= 15 is 0 Å². The van der Waals surface area contributed by atoms with Gasteiger partial charge in [0.05, 0.1) is 0 Å². The summed E-state index contributed by atoms with van der Waals surface area (Å²) < 4.78 is 47.3. The third kappa shape index (κ3) is 6.34. The molecule has 1 aromatic carbocycles. The van der Waals surface area contributed by atoms with E-state index in [0.717, 1.165) is 12.3 Å². The summed E-state index contributed by atoms with van der Waals surface area (Å²) in [6.45, 7) is 0. The van der Waals surface area contributed by atoms with Crippen molar-refractivity contribution in [1.82, 2.24) is 0 Å². The van der Waals surface area contributed by atoms with E-state index in [1.165, 1.54) is 24.3 Å². The van der Waals surface area contributed by atoms with Crippen LogP contribution in [0, 0.1) is 0 Å². The second-order valence-electron chi connectivity index (χ2n) is 4.06. The van der Waals surface area contributed by atoms with Crippen LogP contribution in [-0.2, 0) is 24.7 Å². The number of sulfone groups is 1. The maximum Gasteiger partial charge on any atom is 0.328 e. The molecule has 0 aliphatic rings. The zero-order valence-electron chi connectivity index (χ0n) is 10.5. The Morgan fingerprint density at radius 3 is 2.50 bits per heavy atom. The molecule has 0 radical (unpaired) electrons. The highest BCUT2D eigenvalue weighted by Gasteiger charge is 2.17. The first kappa shape index (κ1) is 16.2. The number of carboxylic acids is 1. The molecule has 20 heavy (non-hydrogen) atoms. The summed E-state index contributed by atoms with van der Waals surface area (Å²) in [4.78, 5) is 10.4. The van der Waals surface area contributed by atoms with Crippen LogP contribution in [0.2, 0.25) is 0 Å². The molecule has 1 rings (SSSR count). The molecular formula is C11H13NO6S2. The summed E-state index contributed by atoms with van der Waals surface area (Å²) in [6.07, 6.45) is 3.01. The van der Waals surface area contributed by atoms with Gasteiger partial charge in [-0.1, -0.05) is 12.1 Å². The van der Waals surface area contributed by atoms with Crippen molar-refractivity contribution in [2.24, 2.45) is 0 Å². The minimum absolute atomic E-state index is 0.154. The Kier molecular flexibility index (Phi) is 4.90. The Morgan fingerprint density at radius 2 is 1.95 bits per heavy atom. The fraction of sp³-hybridized carbons (Fsp3) is 0.182. The molecule has 0 fully saturated rings. The summed E-state index contributed by atoms with van der Waals surface area (Å²) in [7, 11) is -7.69. The Hall–Kier alpha value is -1.87. The van der Waals surface area contributed by atoms with Crippen molar-refractivity contribution in [2.75, 3.05) is 16.1 Å². The lowest BCUT2D eigenvalue weighted by atomic mass is 10.2. The Balaban J connectivity index is 2.94. The van der Waals surface area contributed by atoms with Gasteiger partial charge < -0.3 is 5.11 Å². The van der Waals surface area contributed by atoms with Crippen LogP contribution in [0.1, 0.15) is 5.56 Å². The summed E-state index contributed by atoms with van der Waals surface area (Å²) in [5.74, 6) is -1.13. The average molecular weight is 319 g/mol. The first-order valence-electron chi connectivity index (χ1n) is 5.27. The number of sulfonamides is 1. The predicted molar refractivity (Wildman–Crippen MR) is 75.4 cm³/mol. The molecule has 0 atom stereocenters. The molecular weight excluding hydrogens is 306 g/mol. The molecule has 0 amide bonds. The van der Waals surface area contributed by atoms with Crippen molar-refractivity contribution in [2.45, 2.75) is 0 Å². The van der Waals surface area contributed by atoms with Gasteiger partial charge >= 0.3 is 5.97 Å². The predicted octanol–water partition coefficient (Wildman–Crippen LogP) is 0.528. The number of aliphatic carboxylic acids is 1. The van der Waals surface area contributed by atoms with E-state index in [1.807, 2.05) is 0 Å². The maximum absolute atomic E-state index is 11.6. The second kappa shape index (κ2) is 6.06. The van der Waals surface area contributed by atoms with Gasteiger partial charge in [-0.25, -0.2) is 21.6 Å². The molecule has 0 spiro atoms. The van der Waals surface area contributed by atoms with E-state index < -0.39 is 30.9 Å². The number of hydrogen-bond acceptors (Lipinski definition) is 5. The SMILES string of the molecule is CS(=O)(=O)CS(=O)(=O)Nc1cccc(/C=C/C(=O)O)c1. The molecule has 7 nitrogen and oxygen atoms in total. The number of nitrogens with one attached hydrogen (secondary N) is 1. The summed E-state index contributed by atoms with van der Waals surface area (Å²) in [6, 6.07) is 5.91. The second-order valence-corrected chi connectivity index (χ2v) is 8.29. The Morgan fingerprint density at radius 1 is 1.30 bits per heavy atom. The monoisotopic (exact) mass is 319 g/mol. The lowest BCUT2D eigenvalue weighted by Crippen LogP contribution is -2.22. The topological polar surface area (TPSA) is 118 Å². The number of rotatable bonds is 6. The third-order valence-electron chi connectivity index (χ3n) is 1.95. The molecule has 0 aliphatic heterocycles. The molecule has 1 aromatic rings. The molecule has 0 aliphatic carbocycles. The smallest absolute Gasteiger partial charge is 0.328 e. The zero-order valence-corrected chi connectivity index (χ0v) is 12.1.